The molecule has 0 aliphatic rings. The molecule has 1 atom stereocenters. The van der Waals surface area contributed by atoms with Crippen molar-refractivity contribution in [1.82, 2.24) is 9.38 Å². The Labute approximate surface area is 95.0 Å². The zero-order chi connectivity index (χ0) is 10.9. The second-order valence-corrected chi connectivity index (χ2v) is 5.26. The lowest BCUT2D eigenvalue weighted by molar-refractivity contribution is 0.404. The van der Waals surface area contributed by atoms with Crippen LogP contribution in [0.5, 0.6) is 0 Å². The van der Waals surface area contributed by atoms with Crippen LogP contribution in [0.25, 0.3) is 4.96 Å². The van der Waals surface area contributed by atoms with Crippen molar-refractivity contribution >= 4 is 16.3 Å². The maximum absolute atomic E-state index is 4.72. The van der Waals surface area contributed by atoms with Crippen molar-refractivity contribution in [2.75, 3.05) is 0 Å². The first-order valence-electron chi connectivity index (χ1n) is 5.62. The number of hydrogen-bond acceptors (Lipinski definition) is 2. The van der Waals surface area contributed by atoms with Crippen LogP contribution >= 0.6 is 11.3 Å². The predicted molar refractivity (Wildman–Crippen MR) is 65.6 cm³/mol. The topological polar surface area (TPSA) is 17.3 Å². The maximum Gasteiger partial charge on any atom is 0.193 e. The summed E-state index contributed by atoms with van der Waals surface area (Å²) >= 11 is 1.70. The summed E-state index contributed by atoms with van der Waals surface area (Å²) in [7, 11) is 0. The molecule has 0 saturated heterocycles. The lowest BCUT2D eigenvalue weighted by atomic mass is 9.80. The molecule has 3 heteroatoms. The highest BCUT2D eigenvalue weighted by Crippen LogP contribution is 2.32. The van der Waals surface area contributed by atoms with Gasteiger partial charge in [-0.05, 0) is 12.8 Å². The molecule has 0 fully saturated rings. The number of imidazole rings is 1. The monoisotopic (exact) mass is 222 g/mol. The van der Waals surface area contributed by atoms with E-state index in [1.165, 1.54) is 18.5 Å². The maximum atomic E-state index is 4.72. The Kier molecular flexibility index (Phi) is 2.83. The molecule has 0 aliphatic carbocycles. The average Bonchev–Trinajstić information content (AvgIpc) is 2.77. The Morgan fingerprint density at radius 2 is 2.27 bits per heavy atom. The first-order valence-corrected chi connectivity index (χ1v) is 6.50. The third-order valence-electron chi connectivity index (χ3n) is 3.29. The van der Waals surface area contributed by atoms with Gasteiger partial charge in [0.05, 0.1) is 5.69 Å². The van der Waals surface area contributed by atoms with Crippen molar-refractivity contribution in [2.45, 2.75) is 45.4 Å². The van der Waals surface area contributed by atoms with E-state index in [4.69, 9.17) is 4.98 Å². The third kappa shape index (κ3) is 1.81. The van der Waals surface area contributed by atoms with Gasteiger partial charge in [-0.25, -0.2) is 4.98 Å². The van der Waals surface area contributed by atoms with Gasteiger partial charge in [0.1, 0.15) is 0 Å². The van der Waals surface area contributed by atoms with Gasteiger partial charge in [-0.3, -0.25) is 4.40 Å². The molecular formula is C12H18N2S. The Hall–Kier alpha value is -0.830. The zero-order valence-electron chi connectivity index (χ0n) is 9.66. The quantitative estimate of drug-likeness (QED) is 0.767. The molecule has 2 aromatic rings. The summed E-state index contributed by atoms with van der Waals surface area (Å²) in [6.07, 6.45) is 7.86. The highest BCUT2D eigenvalue weighted by molar-refractivity contribution is 7.15. The van der Waals surface area contributed by atoms with Gasteiger partial charge >= 0.3 is 0 Å². The van der Waals surface area contributed by atoms with Crippen LogP contribution in [0, 0.1) is 0 Å². The summed E-state index contributed by atoms with van der Waals surface area (Å²) in [5.41, 5.74) is 1.50. The van der Waals surface area contributed by atoms with E-state index in [9.17, 15) is 0 Å². The first-order chi connectivity index (χ1) is 7.19. The molecule has 2 nitrogen and oxygen atoms in total. The van der Waals surface area contributed by atoms with Crippen molar-refractivity contribution in [3.63, 3.8) is 0 Å². The van der Waals surface area contributed by atoms with Gasteiger partial charge in [0.2, 0.25) is 0 Å². The fourth-order valence-corrected chi connectivity index (χ4v) is 2.76. The Morgan fingerprint density at radius 3 is 2.87 bits per heavy atom. The lowest BCUT2D eigenvalue weighted by Crippen LogP contribution is -2.20. The van der Waals surface area contributed by atoms with E-state index in [2.05, 4.69) is 42.9 Å². The molecule has 0 aliphatic heterocycles. The summed E-state index contributed by atoms with van der Waals surface area (Å²) in [5, 5.41) is 2.08. The summed E-state index contributed by atoms with van der Waals surface area (Å²) in [5.74, 6) is 0. The molecule has 0 aromatic carbocycles. The largest absolute Gasteiger partial charge is 0.297 e. The molecule has 2 heterocycles. The van der Waals surface area contributed by atoms with E-state index in [0.29, 0.717) is 0 Å². The van der Waals surface area contributed by atoms with Crippen LogP contribution in [0.3, 0.4) is 0 Å². The first kappa shape index (κ1) is 10.7. The van der Waals surface area contributed by atoms with Crippen LogP contribution in [0.2, 0.25) is 0 Å². The number of aromatic nitrogens is 2. The van der Waals surface area contributed by atoms with Crippen LogP contribution in [0.1, 0.15) is 45.7 Å². The van der Waals surface area contributed by atoms with E-state index in [1.807, 2.05) is 0 Å². The molecule has 0 spiro atoms. The molecular weight excluding hydrogens is 204 g/mol. The molecule has 2 rings (SSSR count). The molecule has 0 N–H and O–H groups in total. The second kappa shape index (κ2) is 3.97. The molecule has 0 amide bonds. The van der Waals surface area contributed by atoms with Gasteiger partial charge in [-0.15, -0.1) is 11.3 Å². The Balaban J connectivity index is 2.39. The third-order valence-corrected chi connectivity index (χ3v) is 4.06. The molecule has 0 saturated carbocycles. The second-order valence-electron chi connectivity index (χ2n) is 4.38. The highest BCUT2D eigenvalue weighted by atomic mass is 32.1. The van der Waals surface area contributed by atoms with Crippen LogP contribution in [-0.4, -0.2) is 9.38 Å². The SMILES string of the molecule is CCCC(C)(CC)c1cn2ccsc2n1. The zero-order valence-corrected chi connectivity index (χ0v) is 10.5. The number of hydrogen-bond donors (Lipinski definition) is 0. The molecule has 2 aromatic heterocycles. The fraction of sp³-hybridized carbons (Fsp3) is 0.583. The number of fused-ring (bicyclic) bond motifs is 1. The number of thiazole rings is 1. The fourth-order valence-electron chi connectivity index (χ4n) is 2.06. The van der Waals surface area contributed by atoms with Crippen LogP contribution in [0.4, 0.5) is 0 Å². The minimum atomic E-state index is 0.250. The average molecular weight is 222 g/mol. The Bertz CT molecular complexity index is 415. The van der Waals surface area contributed by atoms with Crippen LogP contribution in [-0.2, 0) is 5.41 Å². The van der Waals surface area contributed by atoms with Gasteiger partial charge < -0.3 is 0 Å². The van der Waals surface area contributed by atoms with E-state index >= 15 is 0 Å². The summed E-state index contributed by atoms with van der Waals surface area (Å²) < 4.78 is 2.13. The summed E-state index contributed by atoms with van der Waals surface area (Å²) in [6.45, 7) is 6.82. The Morgan fingerprint density at radius 1 is 1.47 bits per heavy atom. The molecule has 1 unspecified atom stereocenters. The smallest absolute Gasteiger partial charge is 0.193 e. The molecule has 0 radical (unpaired) electrons. The predicted octanol–water partition coefficient (Wildman–Crippen LogP) is 3.86. The standard InChI is InChI=1S/C12H18N2S/c1-4-6-12(3,5-2)10-9-14-7-8-15-11(14)13-10/h7-9H,4-6H2,1-3H3. The van der Waals surface area contributed by atoms with Crippen molar-refractivity contribution in [1.29, 1.82) is 0 Å². The summed E-state index contributed by atoms with van der Waals surface area (Å²) in [4.78, 5) is 5.83. The van der Waals surface area contributed by atoms with Crippen molar-refractivity contribution < 1.29 is 0 Å². The van der Waals surface area contributed by atoms with E-state index in [0.717, 1.165) is 11.4 Å². The van der Waals surface area contributed by atoms with Crippen LogP contribution < -0.4 is 0 Å². The van der Waals surface area contributed by atoms with Crippen molar-refractivity contribution in [3.8, 4) is 0 Å². The van der Waals surface area contributed by atoms with Gasteiger partial charge in [0, 0.05) is 23.2 Å². The minimum Gasteiger partial charge on any atom is -0.297 e. The summed E-state index contributed by atoms with van der Waals surface area (Å²) in [6, 6.07) is 0. The normalized spacial score (nSPS) is 15.7. The molecule has 0 bridgehead atoms. The van der Waals surface area contributed by atoms with Crippen LogP contribution in [0.15, 0.2) is 17.8 Å². The molecule has 15 heavy (non-hydrogen) atoms. The van der Waals surface area contributed by atoms with Gasteiger partial charge in [-0.1, -0.05) is 27.2 Å². The van der Waals surface area contributed by atoms with E-state index in [-0.39, 0.29) is 5.41 Å². The van der Waals surface area contributed by atoms with Gasteiger partial charge in [0.25, 0.3) is 0 Å². The van der Waals surface area contributed by atoms with Gasteiger partial charge in [-0.2, -0.15) is 0 Å². The molecule has 82 valence electrons. The van der Waals surface area contributed by atoms with Crippen molar-refractivity contribution in [3.05, 3.63) is 23.5 Å². The van der Waals surface area contributed by atoms with Crippen molar-refractivity contribution in [2.24, 2.45) is 0 Å². The van der Waals surface area contributed by atoms with E-state index in [1.54, 1.807) is 11.3 Å². The number of rotatable bonds is 4. The minimum absolute atomic E-state index is 0.250. The van der Waals surface area contributed by atoms with E-state index < -0.39 is 0 Å². The van der Waals surface area contributed by atoms with Gasteiger partial charge in [0.15, 0.2) is 4.96 Å². The highest BCUT2D eigenvalue weighted by Gasteiger charge is 2.26. The lowest BCUT2D eigenvalue weighted by Gasteiger charge is -2.25. The number of nitrogens with zero attached hydrogens (tertiary/aromatic N) is 2.